The molecule has 0 atom stereocenters. The Morgan fingerprint density at radius 1 is 0.952 bits per heavy atom. The first-order valence-corrected chi connectivity index (χ1v) is 7.38. The van der Waals surface area contributed by atoms with Crippen molar-refractivity contribution in [3.05, 3.63) is 76.4 Å². The molecule has 1 nitrogen and oxygen atoms in total. The third-order valence-corrected chi connectivity index (χ3v) is 3.97. The summed E-state index contributed by atoms with van der Waals surface area (Å²) in [5, 5.41) is 0. The molecule has 3 rings (SSSR count). The van der Waals surface area contributed by atoms with Crippen molar-refractivity contribution in [2.45, 2.75) is 13.3 Å². The maximum atomic E-state index is 5.20. The van der Waals surface area contributed by atoms with Crippen LogP contribution in [0.4, 0.5) is 0 Å². The molecule has 0 N–H and O–H groups in total. The minimum absolute atomic E-state index is 0.750. The number of ether oxygens (including phenoxy) is 1. The van der Waals surface area contributed by atoms with Gasteiger partial charge in [0.1, 0.15) is 0 Å². The predicted octanol–water partition coefficient (Wildman–Crippen LogP) is 4.95. The molecule has 1 heteroatoms. The van der Waals surface area contributed by atoms with Gasteiger partial charge in [-0.15, -0.1) is 0 Å². The van der Waals surface area contributed by atoms with Gasteiger partial charge in [-0.1, -0.05) is 60.7 Å². The van der Waals surface area contributed by atoms with Gasteiger partial charge in [0.2, 0.25) is 0 Å². The number of rotatable bonds is 3. The fraction of sp³-hybridized carbons (Fsp3) is 0.200. The van der Waals surface area contributed by atoms with Gasteiger partial charge in [-0.2, -0.15) is 0 Å². The van der Waals surface area contributed by atoms with E-state index in [4.69, 9.17) is 4.74 Å². The highest BCUT2D eigenvalue weighted by atomic mass is 16.5. The van der Waals surface area contributed by atoms with Crippen molar-refractivity contribution in [1.82, 2.24) is 0 Å². The third kappa shape index (κ3) is 2.70. The minimum atomic E-state index is 0.750. The molecule has 0 aromatic heterocycles. The number of hydrogen-bond acceptors (Lipinski definition) is 1. The molecule has 0 heterocycles. The van der Waals surface area contributed by atoms with Crippen LogP contribution in [-0.2, 0) is 4.74 Å². The monoisotopic (exact) mass is 276 g/mol. The van der Waals surface area contributed by atoms with E-state index in [0.717, 1.165) is 13.0 Å². The summed E-state index contributed by atoms with van der Waals surface area (Å²) in [5.41, 5.74) is 7.83. The van der Waals surface area contributed by atoms with Gasteiger partial charge in [0.15, 0.2) is 0 Å². The lowest BCUT2D eigenvalue weighted by molar-refractivity contribution is 0.204. The van der Waals surface area contributed by atoms with Crippen LogP contribution >= 0.6 is 0 Å². The van der Waals surface area contributed by atoms with Gasteiger partial charge < -0.3 is 4.74 Å². The highest BCUT2D eigenvalue weighted by Gasteiger charge is 2.15. The van der Waals surface area contributed by atoms with Gasteiger partial charge in [0.05, 0.1) is 0 Å². The molecule has 0 bridgehead atoms. The summed E-state index contributed by atoms with van der Waals surface area (Å²) in [4.78, 5) is 0. The van der Waals surface area contributed by atoms with Crippen molar-refractivity contribution in [1.29, 1.82) is 0 Å². The van der Waals surface area contributed by atoms with Gasteiger partial charge in [-0.05, 0) is 46.7 Å². The molecule has 1 aliphatic carbocycles. The molecule has 0 fully saturated rings. The molecule has 0 spiro atoms. The standard InChI is InChI=1S/C20H20O/c1-15-7-5-10-19-17(15)13-12-16-8-3-4-9-18(16)20(19)11-6-14-21-2/h3-5,7-13H,6,14H2,1-2H3. The van der Waals surface area contributed by atoms with Crippen molar-refractivity contribution >= 4 is 17.7 Å². The molecule has 21 heavy (non-hydrogen) atoms. The summed E-state index contributed by atoms with van der Waals surface area (Å²) in [6, 6.07) is 15.1. The molecular weight excluding hydrogens is 256 g/mol. The maximum absolute atomic E-state index is 5.20. The van der Waals surface area contributed by atoms with Gasteiger partial charge in [-0.3, -0.25) is 0 Å². The Labute approximate surface area is 126 Å². The van der Waals surface area contributed by atoms with E-state index in [1.54, 1.807) is 7.11 Å². The molecule has 2 aromatic carbocycles. The number of aryl methyl sites for hydroxylation is 1. The van der Waals surface area contributed by atoms with Crippen LogP contribution in [0.3, 0.4) is 0 Å². The van der Waals surface area contributed by atoms with E-state index in [-0.39, 0.29) is 0 Å². The first-order valence-electron chi connectivity index (χ1n) is 7.38. The highest BCUT2D eigenvalue weighted by Crippen LogP contribution is 2.35. The average Bonchev–Trinajstić information content (AvgIpc) is 2.66. The molecule has 2 aromatic rings. The zero-order valence-electron chi connectivity index (χ0n) is 12.6. The number of hydrogen-bond donors (Lipinski definition) is 0. The summed E-state index contributed by atoms with van der Waals surface area (Å²) in [6.45, 7) is 2.92. The minimum Gasteiger partial charge on any atom is -0.384 e. The second-order valence-corrected chi connectivity index (χ2v) is 5.36. The zero-order chi connectivity index (χ0) is 14.7. The summed E-state index contributed by atoms with van der Waals surface area (Å²) >= 11 is 0. The maximum Gasteiger partial charge on any atom is 0.0497 e. The third-order valence-electron chi connectivity index (χ3n) is 3.97. The number of benzene rings is 2. The quantitative estimate of drug-likeness (QED) is 0.615. The summed E-state index contributed by atoms with van der Waals surface area (Å²) in [5.74, 6) is 0. The van der Waals surface area contributed by atoms with Crippen LogP contribution < -0.4 is 0 Å². The molecule has 0 aliphatic heterocycles. The largest absolute Gasteiger partial charge is 0.384 e. The van der Waals surface area contributed by atoms with E-state index in [9.17, 15) is 0 Å². The Kier molecular flexibility index (Phi) is 4.03. The van der Waals surface area contributed by atoms with Crippen LogP contribution in [0.25, 0.3) is 17.7 Å². The summed E-state index contributed by atoms with van der Waals surface area (Å²) in [7, 11) is 1.75. The van der Waals surface area contributed by atoms with Gasteiger partial charge >= 0.3 is 0 Å². The SMILES string of the molecule is COCCC=C1c2ccccc2C=Cc2c(C)cccc21. The lowest BCUT2D eigenvalue weighted by Gasteiger charge is -2.13. The first-order chi connectivity index (χ1) is 10.3. The average molecular weight is 276 g/mol. The van der Waals surface area contributed by atoms with Gasteiger partial charge in [-0.25, -0.2) is 0 Å². The Morgan fingerprint density at radius 3 is 2.62 bits per heavy atom. The molecule has 1 aliphatic rings. The van der Waals surface area contributed by atoms with Gasteiger partial charge in [0, 0.05) is 13.7 Å². The number of methoxy groups -OCH3 is 1. The smallest absolute Gasteiger partial charge is 0.0497 e. The second kappa shape index (κ2) is 6.11. The van der Waals surface area contributed by atoms with E-state index < -0.39 is 0 Å². The topological polar surface area (TPSA) is 9.23 Å². The molecular formula is C20H20O. The molecule has 0 saturated carbocycles. The van der Waals surface area contributed by atoms with Crippen LogP contribution in [-0.4, -0.2) is 13.7 Å². The normalized spacial score (nSPS) is 14.7. The van der Waals surface area contributed by atoms with Crippen LogP contribution in [0.2, 0.25) is 0 Å². The van der Waals surface area contributed by atoms with Crippen LogP contribution in [0.15, 0.2) is 48.5 Å². The fourth-order valence-electron chi connectivity index (χ4n) is 2.88. The van der Waals surface area contributed by atoms with E-state index in [1.165, 1.54) is 33.4 Å². The van der Waals surface area contributed by atoms with Crippen LogP contribution in [0.1, 0.15) is 34.2 Å². The second-order valence-electron chi connectivity index (χ2n) is 5.36. The summed E-state index contributed by atoms with van der Waals surface area (Å²) < 4.78 is 5.20. The molecule has 0 unspecified atom stereocenters. The Morgan fingerprint density at radius 2 is 1.76 bits per heavy atom. The van der Waals surface area contributed by atoms with Crippen molar-refractivity contribution in [3.8, 4) is 0 Å². The highest BCUT2D eigenvalue weighted by molar-refractivity contribution is 5.94. The fourth-order valence-corrected chi connectivity index (χ4v) is 2.88. The van der Waals surface area contributed by atoms with E-state index in [0.29, 0.717) is 0 Å². The van der Waals surface area contributed by atoms with E-state index >= 15 is 0 Å². The van der Waals surface area contributed by atoms with Crippen LogP contribution in [0, 0.1) is 6.92 Å². The molecule has 0 amide bonds. The Bertz CT molecular complexity index is 708. The lowest BCUT2D eigenvalue weighted by Crippen LogP contribution is -1.95. The Hall–Kier alpha value is -2.12. The summed E-state index contributed by atoms with van der Waals surface area (Å²) in [6.07, 6.45) is 7.68. The van der Waals surface area contributed by atoms with E-state index in [1.807, 2.05) is 0 Å². The Balaban J connectivity index is 2.20. The zero-order valence-corrected chi connectivity index (χ0v) is 12.6. The van der Waals surface area contributed by atoms with Crippen molar-refractivity contribution in [2.75, 3.05) is 13.7 Å². The molecule has 0 saturated heterocycles. The molecule has 106 valence electrons. The number of fused-ring (bicyclic) bond motifs is 2. The van der Waals surface area contributed by atoms with Crippen molar-refractivity contribution < 1.29 is 4.74 Å². The van der Waals surface area contributed by atoms with Crippen molar-refractivity contribution in [2.24, 2.45) is 0 Å². The van der Waals surface area contributed by atoms with Crippen molar-refractivity contribution in [3.63, 3.8) is 0 Å². The lowest BCUT2D eigenvalue weighted by atomic mass is 9.91. The van der Waals surface area contributed by atoms with E-state index in [2.05, 4.69) is 67.6 Å². The van der Waals surface area contributed by atoms with Gasteiger partial charge in [0.25, 0.3) is 0 Å². The molecule has 0 radical (unpaired) electrons. The van der Waals surface area contributed by atoms with Crippen LogP contribution in [0.5, 0.6) is 0 Å². The predicted molar refractivity (Wildman–Crippen MR) is 90.1 cm³/mol. The first kappa shape index (κ1) is 13.8.